The molecule has 0 amide bonds. The topological polar surface area (TPSA) is 27.7 Å². The number of ether oxygens (including phenoxy) is 1. The van der Waals surface area contributed by atoms with E-state index in [1.807, 2.05) is 0 Å². The molecule has 0 aromatic heterocycles. The molecule has 4 rings (SSSR count). The maximum Gasteiger partial charge on any atom is 0.142 e. The standard InChI is InChI=1S/C22H29N3O/c1-16-13-24(14-17(2)25(16)15-18-7-5-4-6-8-18)21-12-20-19(9-10-23-20)11-22(21)26-3/h4-8,11-12,16-17,23H,9-10,13-15H2,1-3H3/t16-,17+. The van der Waals surface area contributed by atoms with Crippen LogP contribution in [0.2, 0.25) is 0 Å². The fraction of sp³-hybridized carbons (Fsp3) is 0.455. The Hall–Kier alpha value is -2.20. The van der Waals surface area contributed by atoms with Crippen LogP contribution in [0.3, 0.4) is 0 Å². The van der Waals surface area contributed by atoms with E-state index in [9.17, 15) is 0 Å². The van der Waals surface area contributed by atoms with Crippen molar-refractivity contribution >= 4 is 11.4 Å². The van der Waals surface area contributed by atoms with E-state index in [2.05, 4.69) is 71.4 Å². The molecule has 2 aliphatic heterocycles. The highest BCUT2D eigenvalue weighted by Crippen LogP contribution is 2.38. The van der Waals surface area contributed by atoms with Crippen LogP contribution in [0.4, 0.5) is 11.4 Å². The molecular weight excluding hydrogens is 322 g/mol. The molecule has 2 aromatic rings. The molecule has 2 aromatic carbocycles. The van der Waals surface area contributed by atoms with Crippen molar-refractivity contribution in [1.29, 1.82) is 0 Å². The summed E-state index contributed by atoms with van der Waals surface area (Å²) >= 11 is 0. The average Bonchev–Trinajstić information content (AvgIpc) is 3.11. The zero-order chi connectivity index (χ0) is 18.1. The highest BCUT2D eigenvalue weighted by atomic mass is 16.5. The Bertz CT molecular complexity index is 749. The molecule has 2 atom stereocenters. The summed E-state index contributed by atoms with van der Waals surface area (Å²) in [5.41, 5.74) is 5.25. The van der Waals surface area contributed by atoms with E-state index in [1.165, 1.54) is 22.5 Å². The minimum atomic E-state index is 0.491. The van der Waals surface area contributed by atoms with E-state index in [-0.39, 0.29) is 0 Å². The SMILES string of the molecule is COc1cc2c(cc1N1C[C@@H](C)N(Cc3ccccc3)[C@@H](C)C1)NCC2. The molecule has 0 unspecified atom stereocenters. The van der Waals surface area contributed by atoms with Crippen molar-refractivity contribution in [3.63, 3.8) is 0 Å². The predicted molar refractivity (Wildman–Crippen MR) is 108 cm³/mol. The molecule has 138 valence electrons. The lowest BCUT2D eigenvalue weighted by Gasteiger charge is -2.45. The molecule has 0 saturated carbocycles. The number of methoxy groups -OCH3 is 1. The van der Waals surface area contributed by atoms with Gasteiger partial charge in [0, 0.05) is 44.0 Å². The first kappa shape index (κ1) is 17.2. The Morgan fingerprint density at radius 2 is 1.81 bits per heavy atom. The molecule has 1 fully saturated rings. The smallest absolute Gasteiger partial charge is 0.142 e. The molecule has 1 N–H and O–H groups in total. The van der Waals surface area contributed by atoms with E-state index >= 15 is 0 Å². The van der Waals surface area contributed by atoms with Gasteiger partial charge in [0.2, 0.25) is 0 Å². The summed E-state index contributed by atoms with van der Waals surface area (Å²) in [6.45, 7) is 8.76. The molecule has 26 heavy (non-hydrogen) atoms. The Morgan fingerprint density at radius 1 is 1.08 bits per heavy atom. The van der Waals surface area contributed by atoms with Crippen LogP contribution in [0.25, 0.3) is 0 Å². The number of fused-ring (bicyclic) bond motifs is 1. The van der Waals surface area contributed by atoms with Gasteiger partial charge >= 0.3 is 0 Å². The van der Waals surface area contributed by atoms with Gasteiger partial charge in [-0.15, -0.1) is 0 Å². The lowest BCUT2D eigenvalue weighted by atomic mass is 10.0. The second-order valence-corrected chi connectivity index (χ2v) is 7.62. The highest BCUT2D eigenvalue weighted by Gasteiger charge is 2.31. The van der Waals surface area contributed by atoms with Gasteiger partial charge < -0.3 is 15.0 Å². The summed E-state index contributed by atoms with van der Waals surface area (Å²) in [5.74, 6) is 1.00. The number of rotatable bonds is 4. The fourth-order valence-electron chi connectivity index (χ4n) is 4.38. The zero-order valence-electron chi connectivity index (χ0n) is 16.0. The summed E-state index contributed by atoms with van der Waals surface area (Å²) in [4.78, 5) is 5.11. The first-order valence-corrected chi connectivity index (χ1v) is 9.65. The molecule has 2 heterocycles. The van der Waals surface area contributed by atoms with Crippen molar-refractivity contribution in [3.05, 3.63) is 53.6 Å². The normalized spacial score (nSPS) is 22.8. The predicted octanol–water partition coefficient (Wildman–Crippen LogP) is 3.76. The van der Waals surface area contributed by atoms with E-state index in [1.54, 1.807) is 7.11 Å². The van der Waals surface area contributed by atoms with Crippen LogP contribution in [0.1, 0.15) is 25.0 Å². The van der Waals surface area contributed by atoms with E-state index in [0.717, 1.165) is 38.3 Å². The third kappa shape index (κ3) is 3.26. The van der Waals surface area contributed by atoms with Crippen LogP contribution in [0.15, 0.2) is 42.5 Å². The van der Waals surface area contributed by atoms with Gasteiger partial charge in [-0.05, 0) is 43.5 Å². The van der Waals surface area contributed by atoms with Gasteiger partial charge in [-0.25, -0.2) is 0 Å². The maximum absolute atomic E-state index is 5.73. The van der Waals surface area contributed by atoms with Gasteiger partial charge in [-0.2, -0.15) is 0 Å². The van der Waals surface area contributed by atoms with Crippen LogP contribution >= 0.6 is 0 Å². The van der Waals surface area contributed by atoms with E-state index < -0.39 is 0 Å². The molecular formula is C22H29N3O. The number of piperazine rings is 1. The van der Waals surface area contributed by atoms with Crippen molar-refractivity contribution < 1.29 is 4.74 Å². The summed E-state index contributed by atoms with van der Waals surface area (Å²) in [7, 11) is 1.78. The van der Waals surface area contributed by atoms with Crippen LogP contribution in [-0.2, 0) is 13.0 Å². The summed E-state index contributed by atoms with van der Waals surface area (Å²) in [6.07, 6.45) is 1.09. The largest absolute Gasteiger partial charge is 0.495 e. The molecule has 0 bridgehead atoms. The van der Waals surface area contributed by atoms with Crippen molar-refractivity contribution in [1.82, 2.24) is 4.90 Å². The Kier molecular flexibility index (Phi) is 4.77. The third-order valence-corrected chi connectivity index (χ3v) is 5.76. The van der Waals surface area contributed by atoms with Crippen LogP contribution in [-0.4, -0.2) is 43.7 Å². The monoisotopic (exact) mass is 351 g/mol. The van der Waals surface area contributed by atoms with Crippen molar-refractivity contribution in [2.24, 2.45) is 0 Å². The van der Waals surface area contributed by atoms with Crippen molar-refractivity contribution in [2.45, 2.75) is 38.9 Å². The number of benzene rings is 2. The minimum absolute atomic E-state index is 0.491. The first-order chi connectivity index (χ1) is 12.7. The number of anilines is 2. The van der Waals surface area contributed by atoms with Gasteiger partial charge in [0.15, 0.2) is 0 Å². The Labute approximate surface area is 156 Å². The highest BCUT2D eigenvalue weighted by molar-refractivity contribution is 5.71. The second-order valence-electron chi connectivity index (χ2n) is 7.62. The van der Waals surface area contributed by atoms with Crippen molar-refractivity contribution in [3.8, 4) is 5.75 Å². The van der Waals surface area contributed by atoms with Crippen LogP contribution < -0.4 is 15.0 Å². The van der Waals surface area contributed by atoms with Gasteiger partial charge in [-0.1, -0.05) is 30.3 Å². The maximum atomic E-state index is 5.73. The van der Waals surface area contributed by atoms with Gasteiger partial charge in [0.05, 0.1) is 12.8 Å². The Morgan fingerprint density at radius 3 is 2.50 bits per heavy atom. The van der Waals surface area contributed by atoms with Crippen LogP contribution in [0.5, 0.6) is 5.75 Å². The molecule has 1 saturated heterocycles. The van der Waals surface area contributed by atoms with Crippen molar-refractivity contribution in [2.75, 3.05) is 37.0 Å². The average molecular weight is 351 g/mol. The molecule has 2 aliphatic rings. The van der Waals surface area contributed by atoms with E-state index in [0.29, 0.717) is 12.1 Å². The Balaban J connectivity index is 1.54. The van der Waals surface area contributed by atoms with E-state index in [4.69, 9.17) is 4.74 Å². The van der Waals surface area contributed by atoms with Crippen LogP contribution in [0, 0.1) is 0 Å². The quantitative estimate of drug-likeness (QED) is 0.908. The third-order valence-electron chi connectivity index (χ3n) is 5.76. The lowest BCUT2D eigenvalue weighted by Crippen LogP contribution is -2.56. The number of hydrogen-bond acceptors (Lipinski definition) is 4. The summed E-state index contributed by atoms with van der Waals surface area (Å²) in [5, 5.41) is 3.50. The van der Waals surface area contributed by atoms with Gasteiger partial charge in [-0.3, -0.25) is 4.90 Å². The number of hydrogen-bond donors (Lipinski definition) is 1. The molecule has 4 heteroatoms. The van der Waals surface area contributed by atoms with Gasteiger partial charge in [0.1, 0.15) is 5.75 Å². The zero-order valence-corrected chi connectivity index (χ0v) is 16.0. The molecule has 0 aliphatic carbocycles. The molecule has 0 radical (unpaired) electrons. The summed E-state index contributed by atoms with van der Waals surface area (Å²) in [6, 6.07) is 16.3. The minimum Gasteiger partial charge on any atom is -0.495 e. The molecule has 0 spiro atoms. The summed E-state index contributed by atoms with van der Waals surface area (Å²) < 4.78 is 5.73. The fourth-order valence-corrected chi connectivity index (χ4v) is 4.38. The molecule has 4 nitrogen and oxygen atoms in total. The second kappa shape index (κ2) is 7.20. The number of nitrogens with zero attached hydrogens (tertiary/aromatic N) is 2. The first-order valence-electron chi connectivity index (χ1n) is 9.65. The lowest BCUT2D eigenvalue weighted by molar-refractivity contribution is 0.123. The van der Waals surface area contributed by atoms with Gasteiger partial charge in [0.25, 0.3) is 0 Å². The number of nitrogens with one attached hydrogen (secondary N) is 1.